The van der Waals surface area contributed by atoms with Crippen molar-refractivity contribution < 1.29 is 18.3 Å². The minimum Gasteiger partial charge on any atom is -0.469 e. The zero-order chi connectivity index (χ0) is 11.0. The molecule has 6 saturated carbocycles. The molecule has 86 valence electrons. The minimum atomic E-state index is -2.59. The molecule has 0 heterocycles. The highest BCUT2D eigenvalue weighted by atomic mass is 19.3. The molecule has 0 N–H and O–H groups in total. The third-order valence-electron chi connectivity index (χ3n) is 6.65. The summed E-state index contributed by atoms with van der Waals surface area (Å²) in [6.07, 6.45) is 0.859. The summed E-state index contributed by atoms with van der Waals surface area (Å²) >= 11 is 0. The van der Waals surface area contributed by atoms with Gasteiger partial charge in [-0.05, 0) is 36.0 Å². The Balaban J connectivity index is 1.77. The van der Waals surface area contributed by atoms with Crippen molar-refractivity contribution in [2.45, 2.75) is 12.3 Å². The topological polar surface area (TPSA) is 26.3 Å². The molecular weight excluding hydrogens is 214 g/mol. The third kappa shape index (κ3) is 0.422. The second-order valence-corrected chi connectivity index (χ2v) is 6.29. The molecule has 0 aromatic heterocycles. The van der Waals surface area contributed by atoms with Crippen molar-refractivity contribution in [1.29, 1.82) is 0 Å². The van der Waals surface area contributed by atoms with Gasteiger partial charge in [0.15, 0.2) is 0 Å². The lowest BCUT2D eigenvalue weighted by molar-refractivity contribution is -0.248. The van der Waals surface area contributed by atoms with E-state index in [0.29, 0.717) is 5.92 Å². The van der Waals surface area contributed by atoms with Crippen LogP contribution in [0.1, 0.15) is 6.42 Å². The van der Waals surface area contributed by atoms with Gasteiger partial charge in [0.05, 0.1) is 12.5 Å². The lowest BCUT2D eigenvalue weighted by atomic mass is 9.34. The molecule has 0 aliphatic heterocycles. The van der Waals surface area contributed by atoms with Gasteiger partial charge >= 0.3 is 5.97 Å². The number of hydrogen-bond acceptors (Lipinski definition) is 2. The van der Waals surface area contributed by atoms with Crippen LogP contribution in [-0.2, 0) is 9.53 Å². The van der Waals surface area contributed by atoms with E-state index in [4.69, 9.17) is 4.74 Å². The molecule has 6 rings (SSSR count). The van der Waals surface area contributed by atoms with Gasteiger partial charge in [0.25, 0.3) is 5.92 Å². The van der Waals surface area contributed by atoms with Crippen molar-refractivity contribution in [3.63, 3.8) is 0 Å². The van der Waals surface area contributed by atoms with Crippen LogP contribution >= 0.6 is 0 Å². The summed E-state index contributed by atoms with van der Waals surface area (Å²) in [4.78, 5) is 12.0. The number of methoxy groups -OCH3 is 1. The van der Waals surface area contributed by atoms with E-state index in [-0.39, 0.29) is 29.6 Å². The van der Waals surface area contributed by atoms with E-state index in [1.165, 1.54) is 7.11 Å². The Kier molecular flexibility index (Phi) is 0.962. The molecule has 4 bridgehead atoms. The quantitative estimate of drug-likeness (QED) is 0.634. The van der Waals surface area contributed by atoms with Crippen molar-refractivity contribution in [1.82, 2.24) is 0 Å². The Morgan fingerprint density at radius 3 is 2.75 bits per heavy atom. The molecule has 6 aliphatic rings. The fourth-order valence-corrected chi connectivity index (χ4v) is 6.80. The van der Waals surface area contributed by atoms with Gasteiger partial charge in [-0.2, -0.15) is 0 Å². The largest absolute Gasteiger partial charge is 0.469 e. The Labute approximate surface area is 91.3 Å². The summed E-state index contributed by atoms with van der Waals surface area (Å²) in [5.41, 5.74) is -0.757. The summed E-state index contributed by atoms with van der Waals surface area (Å²) in [5, 5.41) is 0. The Morgan fingerprint density at radius 2 is 2.06 bits per heavy atom. The van der Waals surface area contributed by atoms with E-state index in [1.807, 2.05) is 0 Å². The second-order valence-electron chi connectivity index (χ2n) is 6.29. The van der Waals surface area contributed by atoms with Gasteiger partial charge in [0.1, 0.15) is 0 Å². The van der Waals surface area contributed by atoms with Crippen LogP contribution < -0.4 is 0 Å². The standard InChI is InChI=1S/C12H12F2O2/c1-16-10(15)11-4-2-3-5-6(4)7(11)8(5)12(13,14)9(3)11/h3-9H,2H2,1H3/t3-,4+,5-,6+,7+,8-,9+,11-/m1/s1. The van der Waals surface area contributed by atoms with Crippen LogP contribution in [0.5, 0.6) is 0 Å². The maximum absolute atomic E-state index is 14.2. The van der Waals surface area contributed by atoms with Gasteiger partial charge in [-0.3, -0.25) is 4.79 Å². The molecule has 4 heteroatoms. The first-order valence-corrected chi connectivity index (χ1v) is 6.04. The third-order valence-corrected chi connectivity index (χ3v) is 6.65. The van der Waals surface area contributed by atoms with Gasteiger partial charge in [-0.15, -0.1) is 0 Å². The summed E-state index contributed by atoms with van der Waals surface area (Å²) < 4.78 is 33.2. The number of carbonyl (C=O) groups excluding carboxylic acids is 1. The maximum Gasteiger partial charge on any atom is 0.312 e. The number of alkyl halides is 2. The van der Waals surface area contributed by atoms with E-state index in [0.717, 1.165) is 6.42 Å². The van der Waals surface area contributed by atoms with Crippen molar-refractivity contribution in [2.24, 2.45) is 46.8 Å². The van der Waals surface area contributed by atoms with E-state index < -0.39 is 23.2 Å². The van der Waals surface area contributed by atoms with Crippen LogP contribution in [0.15, 0.2) is 0 Å². The van der Waals surface area contributed by atoms with Crippen molar-refractivity contribution in [2.75, 3.05) is 7.11 Å². The van der Waals surface area contributed by atoms with Crippen LogP contribution in [0.25, 0.3) is 0 Å². The van der Waals surface area contributed by atoms with Gasteiger partial charge < -0.3 is 4.74 Å². The SMILES string of the molecule is COC(=O)[C@@]12[C@H]3[C@@H]4[C@H]5[C@@H](C[C@@H]41)[C@@H]2C(F)(F)[C@H]53. The van der Waals surface area contributed by atoms with E-state index >= 15 is 0 Å². The van der Waals surface area contributed by atoms with Crippen molar-refractivity contribution >= 4 is 5.97 Å². The van der Waals surface area contributed by atoms with E-state index in [1.54, 1.807) is 0 Å². The number of ether oxygens (including phenoxy) is 1. The van der Waals surface area contributed by atoms with Gasteiger partial charge in [0.2, 0.25) is 0 Å². The molecule has 6 fully saturated rings. The Hall–Kier alpha value is -0.670. The second kappa shape index (κ2) is 1.83. The summed E-state index contributed by atoms with van der Waals surface area (Å²) in [6.45, 7) is 0. The van der Waals surface area contributed by atoms with Crippen LogP contribution in [0.3, 0.4) is 0 Å². The van der Waals surface area contributed by atoms with Crippen molar-refractivity contribution in [3.05, 3.63) is 0 Å². The number of esters is 1. The normalized spacial score (nSPS) is 69.1. The zero-order valence-electron chi connectivity index (χ0n) is 8.82. The number of hydrogen-bond donors (Lipinski definition) is 0. The zero-order valence-corrected chi connectivity index (χ0v) is 8.82. The first-order chi connectivity index (χ1) is 7.57. The van der Waals surface area contributed by atoms with Gasteiger partial charge in [-0.1, -0.05) is 0 Å². The molecule has 2 nitrogen and oxygen atoms in total. The molecule has 0 saturated heterocycles. The number of carbonyl (C=O) groups is 1. The van der Waals surface area contributed by atoms with Crippen molar-refractivity contribution in [3.8, 4) is 0 Å². The fraction of sp³-hybridized carbons (Fsp3) is 0.917. The van der Waals surface area contributed by atoms with Crippen LogP contribution in [0.2, 0.25) is 0 Å². The highest BCUT2D eigenvalue weighted by molar-refractivity contribution is 5.83. The summed E-state index contributed by atoms with van der Waals surface area (Å²) in [7, 11) is 1.34. The molecule has 8 atom stereocenters. The number of halogens is 2. The van der Waals surface area contributed by atoms with Crippen LogP contribution in [0.4, 0.5) is 8.78 Å². The Bertz CT molecular complexity index is 448. The molecule has 0 radical (unpaired) electrons. The van der Waals surface area contributed by atoms with E-state index in [9.17, 15) is 13.6 Å². The minimum absolute atomic E-state index is 0.0336. The first-order valence-electron chi connectivity index (χ1n) is 6.04. The Morgan fingerprint density at radius 1 is 1.31 bits per heavy atom. The van der Waals surface area contributed by atoms with Gasteiger partial charge in [-0.25, -0.2) is 8.78 Å². The van der Waals surface area contributed by atoms with Crippen LogP contribution in [-0.4, -0.2) is 19.0 Å². The molecule has 16 heavy (non-hydrogen) atoms. The predicted molar refractivity (Wildman–Crippen MR) is 48.4 cm³/mol. The van der Waals surface area contributed by atoms with Crippen LogP contribution in [0, 0.1) is 46.8 Å². The highest BCUT2D eigenvalue weighted by Gasteiger charge is 3.00. The maximum atomic E-state index is 14.2. The monoisotopic (exact) mass is 226 g/mol. The lowest BCUT2D eigenvalue weighted by Gasteiger charge is -2.67. The molecule has 0 unspecified atom stereocenters. The molecule has 0 spiro atoms. The summed E-state index contributed by atoms with van der Waals surface area (Å²) in [6, 6.07) is 0. The fourth-order valence-electron chi connectivity index (χ4n) is 6.80. The average Bonchev–Trinajstić information content (AvgIpc) is 2.66. The molecule has 0 amide bonds. The predicted octanol–water partition coefficient (Wildman–Crippen LogP) is 1.55. The molecule has 0 aromatic carbocycles. The highest BCUT2D eigenvalue weighted by Crippen LogP contribution is 2.96. The first kappa shape index (κ1) is 8.43. The molecule has 0 aromatic rings. The smallest absolute Gasteiger partial charge is 0.312 e. The molecule has 6 aliphatic carbocycles. The summed E-state index contributed by atoms with van der Waals surface area (Å²) in [5.74, 6) is -3.07. The lowest BCUT2D eigenvalue weighted by Crippen LogP contribution is -2.70. The molecular formula is C12H12F2O2. The van der Waals surface area contributed by atoms with Gasteiger partial charge in [0, 0.05) is 11.8 Å². The number of rotatable bonds is 1. The van der Waals surface area contributed by atoms with E-state index in [2.05, 4.69) is 0 Å². The average molecular weight is 226 g/mol.